The number of aryl methyl sites for hydroxylation is 1. The van der Waals surface area contributed by atoms with E-state index in [4.69, 9.17) is 5.11 Å². The summed E-state index contributed by atoms with van der Waals surface area (Å²) in [5.74, 6) is -0.240. The average Bonchev–Trinajstić information content (AvgIpc) is 2.88. The molecule has 106 valence electrons. The molecule has 6 nitrogen and oxygen atoms in total. The van der Waals surface area contributed by atoms with Crippen molar-refractivity contribution in [3.8, 4) is 0 Å². The zero-order chi connectivity index (χ0) is 14.8. The maximum absolute atomic E-state index is 11.0. The first-order valence-electron chi connectivity index (χ1n) is 6.47. The van der Waals surface area contributed by atoms with E-state index < -0.39 is 5.97 Å². The topological polar surface area (TPSA) is 80.0 Å². The van der Waals surface area contributed by atoms with Crippen LogP contribution in [0.3, 0.4) is 0 Å². The molecule has 0 saturated heterocycles. The zero-order valence-corrected chi connectivity index (χ0v) is 11.4. The quantitative estimate of drug-likeness (QED) is 0.767. The Morgan fingerprint density at radius 3 is 3.00 bits per heavy atom. The summed E-state index contributed by atoms with van der Waals surface area (Å²) in [6, 6.07) is 8.73. The van der Waals surface area contributed by atoms with Gasteiger partial charge in [0.2, 0.25) is 0 Å². The van der Waals surface area contributed by atoms with Crippen LogP contribution in [0.25, 0.3) is 11.0 Å². The van der Waals surface area contributed by atoms with E-state index in [9.17, 15) is 4.79 Å². The molecule has 0 aliphatic carbocycles. The molecule has 0 bridgehead atoms. The third kappa shape index (κ3) is 2.55. The molecule has 0 amide bonds. The van der Waals surface area contributed by atoms with Crippen LogP contribution >= 0.6 is 0 Å². The zero-order valence-electron chi connectivity index (χ0n) is 11.4. The Balaban J connectivity index is 1.83. The molecule has 0 aliphatic heterocycles. The van der Waals surface area contributed by atoms with E-state index in [2.05, 4.69) is 15.3 Å². The van der Waals surface area contributed by atoms with Crippen LogP contribution in [-0.4, -0.2) is 25.6 Å². The number of benzene rings is 1. The van der Waals surface area contributed by atoms with Crippen LogP contribution in [0.5, 0.6) is 0 Å². The number of aromatic nitrogens is 3. The Morgan fingerprint density at radius 2 is 2.19 bits per heavy atom. The van der Waals surface area contributed by atoms with Crippen molar-refractivity contribution in [2.45, 2.75) is 6.54 Å². The van der Waals surface area contributed by atoms with Crippen molar-refractivity contribution >= 4 is 22.8 Å². The number of pyridine rings is 1. The third-order valence-corrected chi connectivity index (χ3v) is 3.28. The molecular weight excluding hydrogens is 268 g/mol. The molecule has 3 aromatic rings. The number of nitrogens with one attached hydrogen (secondary N) is 1. The number of rotatable bonds is 4. The summed E-state index contributed by atoms with van der Waals surface area (Å²) in [4.78, 5) is 19.6. The van der Waals surface area contributed by atoms with Crippen molar-refractivity contribution < 1.29 is 9.90 Å². The molecule has 0 atom stereocenters. The van der Waals surface area contributed by atoms with Crippen molar-refractivity contribution in [1.82, 2.24) is 14.5 Å². The number of anilines is 1. The van der Waals surface area contributed by atoms with Gasteiger partial charge in [0, 0.05) is 19.8 Å². The normalized spacial score (nSPS) is 10.7. The maximum Gasteiger partial charge on any atom is 0.335 e. The lowest BCUT2D eigenvalue weighted by molar-refractivity contribution is 0.0697. The second-order valence-electron chi connectivity index (χ2n) is 4.74. The second-order valence-corrected chi connectivity index (χ2v) is 4.74. The molecule has 0 radical (unpaired) electrons. The first-order chi connectivity index (χ1) is 10.1. The van der Waals surface area contributed by atoms with Gasteiger partial charge < -0.3 is 15.0 Å². The van der Waals surface area contributed by atoms with E-state index in [0.29, 0.717) is 12.4 Å². The van der Waals surface area contributed by atoms with Crippen molar-refractivity contribution in [3.63, 3.8) is 0 Å². The lowest BCUT2D eigenvalue weighted by atomic mass is 10.1. The van der Waals surface area contributed by atoms with E-state index in [1.807, 2.05) is 23.7 Å². The number of hydrogen-bond donors (Lipinski definition) is 2. The fourth-order valence-corrected chi connectivity index (χ4v) is 2.19. The first-order valence-corrected chi connectivity index (χ1v) is 6.47. The van der Waals surface area contributed by atoms with E-state index in [-0.39, 0.29) is 5.56 Å². The number of carbonyl (C=O) groups is 1. The van der Waals surface area contributed by atoms with Gasteiger partial charge >= 0.3 is 5.97 Å². The number of fused-ring (bicyclic) bond motifs is 1. The molecule has 1 aromatic carbocycles. The third-order valence-electron chi connectivity index (χ3n) is 3.28. The van der Waals surface area contributed by atoms with Gasteiger partial charge in [-0.15, -0.1) is 0 Å². The molecule has 3 rings (SSSR count). The summed E-state index contributed by atoms with van der Waals surface area (Å²) in [7, 11) is 1.93. The fourth-order valence-electron chi connectivity index (χ4n) is 2.19. The van der Waals surface area contributed by atoms with Crippen LogP contribution in [-0.2, 0) is 13.6 Å². The summed E-state index contributed by atoms with van der Waals surface area (Å²) < 4.78 is 1.92. The van der Waals surface area contributed by atoms with Crippen LogP contribution in [0.2, 0.25) is 0 Å². The molecule has 0 saturated carbocycles. The van der Waals surface area contributed by atoms with Crippen molar-refractivity contribution in [2.24, 2.45) is 7.05 Å². The van der Waals surface area contributed by atoms with Crippen molar-refractivity contribution in [1.29, 1.82) is 0 Å². The van der Waals surface area contributed by atoms with Crippen LogP contribution in [0.15, 0.2) is 42.9 Å². The molecule has 21 heavy (non-hydrogen) atoms. The van der Waals surface area contributed by atoms with E-state index in [0.717, 1.165) is 16.6 Å². The Morgan fingerprint density at radius 1 is 1.33 bits per heavy atom. The summed E-state index contributed by atoms with van der Waals surface area (Å²) >= 11 is 0. The number of carboxylic acid groups (broad SMARTS) is 1. The Hall–Kier alpha value is -2.89. The van der Waals surface area contributed by atoms with Crippen molar-refractivity contribution in [2.75, 3.05) is 5.32 Å². The Labute approximate surface area is 121 Å². The van der Waals surface area contributed by atoms with Gasteiger partial charge in [-0.2, -0.15) is 0 Å². The minimum absolute atomic E-state index is 0.276. The standard InChI is InChI=1S/C15H14N4O2/c1-19-9-18-13-12(19)5-6-16-14(13)17-8-10-3-2-4-11(7-10)15(20)21/h2-7,9H,8H2,1H3,(H,16,17)(H,20,21). The SMILES string of the molecule is Cn1cnc2c(NCc3cccc(C(=O)O)c3)nccc21. The fraction of sp³-hybridized carbons (Fsp3) is 0.133. The predicted molar refractivity (Wildman–Crippen MR) is 79.2 cm³/mol. The van der Waals surface area contributed by atoms with E-state index in [1.54, 1.807) is 30.7 Å². The Kier molecular flexibility index (Phi) is 3.27. The number of aromatic carboxylic acids is 1. The van der Waals surface area contributed by atoms with Crippen LogP contribution in [0, 0.1) is 0 Å². The number of hydrogen-bond acceptors (Lipinski definition) is 4. The number of nitrogens with zero attached hydrogens (tertiary/aromatic N) is 3. The molecular formula is C15H14N4O2. The van der Waals surface area contributed by atoms with Crippen LogP contribution in [0.4, 0.5) is 5.82 Å². The molecule has 0 aliphatic rings. The first kappa shape index (κ1) is 13.1. The van der Waals surface area contributed by atoms with Gasteiger partial charge in [0.15, 0.2) is 5.82 Å². The van der Waals surface area contributed by atoms with Gasteiger partial charge in [-0.25, -0.2) is 14.8 Å². The molecule has 0 spiro atoms. The summed E-state index contributed by atoms with van der Waals surface area (Å²) in [6.07, 6.45) is 3.46. The van der Waals surface area contributed by atoms with E-state index in [1.165, 1.54) is 0 Å². The number of imidazole rings is 1. The van der Waals surface area contributed by atoms with Crippen LogP contribution < -0.4 is 5.32 Å². The Bertz CT molecular complexity index is 810. The van der Waals surface area contributed by atoms with Gasteiger partial charge in [-0.1, -0.05) is 12.1 Å². The molecule has 6 heteroatoms. The summed E-state index contributed by atoms with van der Waals surface area (Å²) in [6.45, 7) is 0.490. The monoisotopic (exact) mass is 282 g/mol. The average molecular weight is 282 g/mol. The summed E-state index contributed by atoms with van der Waals surface area (Å²) in [5, 5.41) is 12.2. The highest BCUT2D eigenvalue weighted by atomic mass is 16.4. The highest BCUT2D eigenvalue weighted by Crippen LogP contribution is 2.19. The molecule has 2 N–H and O–H groups in total. The summed E-state index contributed by atoms with van der Waals surface area (Å²) in [5.41, 5.74) is 2.95. The maximum atomic E-state index is 11.0. The molecule has 0 fully saturated rings. The smallest absolute Gasteiger partial charge is 0.335 e. The van der Waals surface area contributed by atoms with Crippen molar-refractivity contribution in [3.05, 3.63) is 54.0 Å². The minimum atomic E-state index is -0.929. The van der Waals surface area contributed by atoms with Gasteiger partial charge in [0.25, 0.3) is 0 Å². The van der Waals surface area contributed by atoms with Gasteiger partial charge in [0.1, 0.15) is 5.52 Å². The minimum Gasteiger partial charge on any atom is -0.478 e. The number of carboxylic acids is 1. The molecule has 2 heterocycles. The lowest BCUT2D eigenvalue weighted by Gasteiger charge is -2.07. The lowest BCUT2D eigenvalue weighted by Crippen LogP contribution is -2.04. The van der Waals surface area contributed by atoms with Crippen LogP contribution in [0.1, 0.15) is 15.9 Å². The highest BCUT2D eigenvalue weighted by Gasteiger charge is 2.07. The predicted octanol–water partition coefficient (Wildman–Crippen LogP) is 2.28. The largest absolute Gasteiger partial charge is 0.478 e. The second kappa shape index (κ2) is 5.24. The van der Waals surface area contributed by atoms with Gasteiger partial charge in [-0.05, 0) is 23.8 Å². The van der Waals surface area contributed by atoms with Gasteiger partial charge in [0.05, 0.1) is 17.4 Å². The van der Waals surface area contributed by atoms with E-state index >= 15 is 0 Å². The highest BCUT2D eigenvalue weighted by molar-refractivity contribution is 5.88. The van der Waals surface area contributed by atoms with Gasteiger partial charge in [-0.3, -0.25) is 0 Å². The molecule has 2 aromatic heterocycles. The molecule has 0 unspecified atom stereocenters.